The number of rotatable bonds is 15. The summed E-state index contributed by atoms with van der Waals surface area (Å²) in [4.78, 5) is 2.28. The van der Waals surface area contributed by atoms with Crippen LogP contribution in [-0.2, 0) is 0 Å². The van der Waals surface area contributed by atoms with E-state index >= 15 is 0 Å². The molecule has 0 atom stereocenters. The molecule has 2 aromatic rings. The van der Waals surface area contributed by atoms with E-state index < -0.39 is 0 Å². The normalized spacial score (nSPS) is 11.1. The quantitative estimate of drug-likeness (QED) is 0.303. The van der Waals surface area contributed by atoms with Gasteiger partial charge in [-0.1, -0.05) is 99.9 Å². The Balaban J connectivity index is 1.49. The smallest absolute Gasteiger partial charge is 0.127 e. The lowest BCUT2D eigenvalue weighted by molar-refractivity contribution is 0.305. The van der Waals surface area contributed by atoms with Crippen molar-refractivity contribution in [2.24, 2.45) is 0 Å². The first-order valence-corrected chi connectivity index (χ1v) is 11.2. The zero-order valence-electron chi connectivity index (χ0n) is 18.0. The van der Waals surface area contributed by atoms with Crippen LogP contribution >= 0.6 is 0 Å². The van der Waals surface area contributed by atoms with Crippen molar-refractivity contribution in [1.82, 2.24) is 4.90 Å². The topological polar surface area (TPSA) is 12.5 Å². The predicted molar refractivity (Wildman–Crippen MR) is 122 cm³/mol. The van der Waals surface area contributed by atoms with Gasteiger partial charge < -0.3 is 9.64 Å². The number of benzene rings is 2. The Morgan fingerprint density at radius 3 is 1.79 bits per heavy atom. The number of unbranched alkanes of at least 4 members (excludes halogenated alkanes) is 9. The molecule has 28 heavy (non-hydrogen) atoms. The molecule has 0 N–H and O–H groups in total. The van der Waals surface area contributed by atoms with Crippen molar-refractivity contribution < 1.29 is 4.74 Å². The molecular formula is C26H39NO. The van der Waals surface area contributed by atoms with E-state index in [0.29, 0.717) is 0 Å². The van der Waals surface area contributed by atoms with E-state index in [1.54, 1.807) is 0 Å². The molecule has 2 heteroatoms. The molecule has 0 saturated heterocycles. The van der Waals surface area contributed by atoms with Crippen LogP contribution in [0.1, 0.15) is 64.2 Å². The molecule has 0 heterocycles. The second kappa shape index (κ2) is 14.2. The maximum Gasteiger partial charge on any atom is 0.127 e. The second-order valence-corrected chi connectivity index (χ2v) is 8.05. The molecule has 0 amide bonds. The molecule has 0 unspecified atom stereocenters. The minimum absolute atomic E-state index is 0.815. The van der Waals surface area contributed by atoms with Crippen molar-refractivity contribution in [3.05, 3.63) is 54.6 Å². The lowest BCUT2D eigenvalue weighted by Crippen LogP contribution is -2.12. The molecule has 0 bridgehead atoms. The molecule has 0 radical (unpaired) electrons. The third-order valence-electron chi connectivity index (χ3n) is 5.23. The molecule has 0 aliphatic carbocycles. The Kier molecular flexibility index (Phi) is 11.4. The van der Waals surface area contributed by atoms with Crippen molar-refractivity contribution in [1.29, 1.82) is 0 Å². The van der Waals surface area contributed by atoms with Gasteiger partial charge in [-0.2, -0.15) is 0 Å². The molecule has 0 aliphatic rings. The first-order chi connectivity index (χ1) is 13.8. The summed E-state index contributed by atoms with van der Waals surface area (Å²) >= 11 is 0. The van der Waals surface area contributed by atoms with Crippen LogP contribution in [0.15, 0.2) is 54.6 Å². The summed E-state index contributed by atoms with van der Waals surface area (Å²) in [5.41, 5.74) is 2.41. The fourth-order valence-electron chi connectivity index (χ4n) is 3.58. The summed E-state index contributed by atoms with van der Waals surface area (Å²) in [6.07, 6.45) is 13.5. The van der Waals surface area contributed by atoms with Gasteiger partial charge in [-0.25, -0.2) is 0 Å². The lowest BCUT2D eigenvalue weighted by atomic mass is 10.0. The highest BCUT2D eigenvalue weighted by atomic mass is 16.5. The fraction of sp³-hybridized carbons (Fsp3) is 0.538. The molecule has 2 rings (SSSR count). The first kappa shape index (κ1) is 22.5. The number of nitrogens with zero attached hydrogens (tertiary/aromatic N) is 1. The van der Waals surface area contributed by atoms with Crippen LogP contribution in [0.5, 0.6) is 5.75 Å². The van der Waals surface area contributed by atoms with Gasteiger partial charge >= 0.3 is 0 Å². The van der Waals surface area contributed by atoms with E-state index in [4.69, 9.17) is 4.74 Å². The van der Waals surface area contributed by atoms with Crippen molar-refractivity contribution in [2.45, 2.75) is 64.2 Å². The van der Waals surface area contributed by atoms with E-state index in [2.05, 4.69) is 73.6 Å². The third-order valence-corrected chi connectivity index (χ3v) is 5.23. The molecule has 0 aromatic heterocycles. The van der Waals surface area contributed by atoms with E-state index in [-0.39, 0.29) is 0 Å². The zero-order chi connectivity index (χ0) is 19.9. The lowest BCUT2D eigenvalue weighted by Gasteiger charge is -2.11. The fourth-order valence-corrected chi connectivity index (χ4v) is 3.58. The average molecular weight is 382 g/mol. The Hall–Kier alpha value is -1.80. The Morgan fingerprint density at radius 1 is 0.607 bits per heavy atom. The molecule has 0 spiro atoms. The number of ether oxygens (including phenoxy) is 1. The Morgan fingerprint density at radius 2 is 1.14 bits per heavy atom. The Bertz CT molecular complexity index is 623. The monoisotopic (exact) mass is 381 g/mol. The number of hydrogen-bond acceptors (Lipinski definition) is 2. The van der Waals surface area contributed by atoms with Crippen molar-refractivity contribution in [3.8, 4) is 16.9 Å². The summed E-state index contributed by atoms with van der Waals surface area (Å²) in [6, 6.07) is 18.9. The number of hydrogen-bond donors (Lipinski definition) is 0. The molecule has 2 aromatic carbocycles. The second-order valence-electron chi connectivity index (χ2n) is 8.05. The predicted octanol–water partition coefficient (Wildman–Crippen LogP) is 7.20. The Labute approximate surface area is 172 Å². The molecule has 0 fully saturated rings. The van der Waals surface area contributed by atoms with E-state index in [9.17, 15) is 0 Å². The van der Waals surface area contributed by atoms with Gasteiger partial charge in [-0.3, -0.25) is 0 Å². The van der Waals surface area contributed by atoms with Crippen LogP contribution in [0.3, 0.4) is 0 Å². The van der Waals surface area contributed by atoms with E-state index in [1.165, 1.54) is 75.5 Å². The van der Waals surface area contributed by atoms with Crippen molar-refractivity contribution >= 4 is 0 Å². The molecule has 154 valence electrons. The van der Waals surface area contributed by atoms with Gasteiger partial charge in [0.15, 0.2) is 0 Å². The maximum atomic E-state index is 6.09. The molecule has 0 aliphatic heterocycles. The minimum atomic E-state index is 0.815. The highest BCUT2D eigenvalue weighted by Crippen LogP contribution is 2.29. The highest BCUT2D eigenvalue weighted by Gasteiger charge is 2.04. The zero-order valence-corrected chi connectivity index (χ0v) is 18.0. The average Bonchev–Trinajstić information content (AvgIpc) is 2.72. The summed E-state index contributed by atoms with van der Waals surface area (Å²) in [7, 11) is 4.32. The molecular weight excluding hydrogens is 342 g/mol. The first-order valence-electron chi connectivity index (χ1n) is 11.2. The van der Waals surface area contributed by atoms with Gasteiger partial charge in [-0.15, -0.1) is 0 Å². The number of para-hydroxylation sites is 1. The summed E-state index contributed by atoms with van der Waals surface area (Å²) in [5.74, 6) is 1.00. The minimum Gasteiger partial charge on any atom is -0.493 e. The van der Waals surface area contributed by atoms with E-state index in [0.717, 1.165) is 18.8 Å². The van der Waals surface area contributed by atoms with Gasteiger partial charge in [-0.05, 0) is 45.1 Å². The summed E-state index contributed by atoms with van der Waals surface area (Å²) in [5, 5.41) is 0. The van der Waals surface area contributed by atoms with Crippen LogP contribution in [0.2, 0.25) is 0 Å². The standard InChI is InChI=1S/C26H39NO/c1-27(2)22-16-9-7-5-3-4-6-8-10-17-23-28-26-21-15-14-20-25(26)24-18-12-11-13-19-24/h11-15,18-21H,3-10,16-17,22-23H2,1-2H3. The molecule has 0 saturated carbocycles. The van der Waals surface area contributed by atoms with Gasteiger partial charge in [0.05, 0.1) is 6.61 Å². The highest BCUT2D eigenvalue weighted by molar-refractivity contribution is 5.70. The summed E-state index contributed by atoms with van der Waals surface area (Å²) in [6.45, 7) is 2.05. The van der Waals surface area contributed by atoms with Crippen LogP contribution < -0.4 is 4.74 Å². The van der Waals surface area contributed by atoms with Crippen molar-refractivity contribution in [3.63, 3.8) is 0 Å². The van der Waals surface area contributed by atoms with Crippen LogP contribution in [0, 0.1) is 0 Å². The maximum absolute atomic E-state index is 6.09. The van der Waals surface area contributed by atoms with Gasteiger partial charge in [0.25, 0.3) is 0 Å². The van der Waals surface area contributed by atoms with Gasteiger partial charge in [0.2, 0.25) is 0 Å². The van der Waals surface area contributed by atoms with Gasteiger partial charge in [0, 0.05) is 5.56 Å². The largest absolute Gasteiger partial charge is 0.493 e. The van der Waals surface area contributed by atoms with Crippen molar-refractivity contribution in [2.75, 3.05) is 27.2 Å². The SMILES string of the molecule is CN(C)CCCCCCCCCCCCOc1ccccc1-c1ccccc1. The van der Waals surface area contributed by atoms with Crippen LogP contribution in [-0.4, -0.2) is 32.1 Å². The molecule has 2 nitrogen and oxygen atoms in total. The van der Waals surface area contributed by atoms with Gasteiger partial charge in [0.1, 0.15) is 5.75 Å². The third kappa shape index (κ3) is 9.41. The van der Waals surface area contributed by atoms with Crippen LogP contribution in [0.4, 0.5) is 0 Å². The van der Waals surface area contributed by atoms with Crippen LogP contribution in [0.25, 0.3) is 11.1 Å². The summed E-state index contributed by atoms with van der Waals surface area (Å²) < 4.78 is 6.09. The van der Waals surface area contributed by atoms with E-state index in [1.807, 2.05) is 0 Å².